The van der Waals surface area contributed by atoms with Crippen molar-refractivity contribution in [1.29, 1.82) is 0 Å². The van der Waals surface area contributed by atoms with Crippen molar-refractivity contribution in [2.75, 3.05) is 26.2 Å². The third-order valence-electron chi connectivity index (χ3n) is 5.73. The average Bonchev–Trinajstić information content (AvgIpc) is 3.27. The Balaban J connectivity index is 1.54. The van der Waals surface area contributed by atoms with Crippen LogP contribution in [0.1, 0.15) is 28.4 Å². The number of sulfonamides is 1. The van der Waals surface area contributed by atoms with E-state index < -0.39 is 15.9 Å². The summed E-state index contributed by atoms with van der Waals surface area (Å²) in [6, 6.07) is 14.1. The molecule has 1 fully saturated rings. The summed E-state index contributed by atoms with van der Waals surface area (Å²) in [5.41, 5.74) is 2.48. The van der Waals surface area contributed by atoms with Crippen molar-refractivity contribution in [3.05, 3.63) is 81.6 Å². The van der Waals surface area contributed by atoms with Crippen LogP contribution >= 0.6 is 11.3 Å². The van der Waals surface area contributed by atoms with Gasteiger partial charge in [-0.05, 0) is 30.7 Å². The van der Waals surface area contributed by atoms with Crippen molar-refractivity contribution in [2.45, 2.75) is 25.3 Å². The summed E-state index contributed by atoms with van der Waals surface area (Å²) < 4.78 is 29.5. The normalized spacial score (nSPS) is 15.5. The van der Waals surface area contributed by atoms with Gasteiger partial charge >= 0.3 is 0 Å². The van der Waals surface area contributed by atoms with Gasteiger partial charge in [0.1, 0.15) is 0 Å². The number of carbonyl (C=O) groups excluding carboxylic acids is 2. The van der Waals surface area contributed by atoms with Gasteiger partial charge in [-0.1, -0.05) is 35.9 Å². The van der Waals surface area contributed by atoms with Crippen molar-refractivity contribution in [2.24, 2.45) is 4.99 Å². The Morgan fingerprint density at radius 1 is 1.03 bits per heavy atom. The first-order chi connectivity index (χ1) is 16.2. The minimum atomic E-state index is -3.78. The molecule has 1 saturated heterocycles. The summed E-state index contributed by atoms with van der Waals surface area (Å²) in [5, 5.41) is 1.86. The van der Waals surface area contributed by atoms with Crippen LogP contribution in [0.4, 0.5) is 0 Å². The van der Waals surface area contributed by atoms with Crippen LogP contribution in [-0.4, -0.2) is 60.2 Å². The summed E-state index contributed by atoms with van der Waals surface area (Å²) in [4.78, 5) is 30.9. The zero-order valence-electron chi connectivity index (χ0n) is 19.0. The van der Waals surface area contributed by atoms with E-state index in [0.717, 1.165) is 5.56 Å². The molecule has 1 aromatic heterocycles. The maximum Gasteiger partial charge on any atom is 0.279 e. The number of aryl methyl sites for hydroxylation is 1. The first kappa shape index (κ1) is 24.1. The van der Waals surface area contributed by atoms with Crippen LogP contribution in [-0.2, 0) is 21.4 Å². The van der Waals surface area contributed by atoms with E-state index in [9.17, 15) is 18.0 Å². The molecule has 0 bridgehead atoms. The lowest BCUT2D eigenvalue weighted by atomic mass is 10.1. The van der Waals surface area contributed by atoms with Crippen LogP contribution < -0.4 is 4.80 Å². The van der Waals surface area contributed by atoms with Gasteiger partial charge in [0.05, 0.1) is 4.90 Å². The van der Waals surface area contributed by atoms with Gasteiger partial charge in [0, 0.05) is 56.8 Å². The first-order valence-corrected chi connectivity index (χ1v) is 13.2. The second-order valence-corrected chi connectivity index (χ2v) is 11.0. The van der Waals surface area contributed by atoms with E-state index in [1.807, 2.05) is 47.3 Å². The summed E-state index contributed by atoms with van der Waals surface area (Å²) in [7, 11) is -3.78. The summed E-state index contributed by atoms with van der Waals surface area (Å²) >= 11 is 1.35. The van der Waals surface area contributed by atoms with Crippen LogP contribution in [0.2, 0.25) is 0 Å². The first-order valence-electron chi connectivity index (χ1n) is 10.9. The summed E-state index contributed by atoms with van der Waals surface area (Å²) in [6.45, 7) is 5.22. The molecule has 0 radical (unpaired) electrons. The van der Waals surface area contributed by atoms with Crippen LogP contribution in [0.15, 0.2) is 70.0 Å². The molecule has 0 aliphatic carbocycles. The summed E-state index contributed by atoms with van der Waals surface area (Å²) in [5.74, 6) is -0.571. The van der Waals surface area contributed by atoms with Crippen molar-refractivity contribution >= 4 is 33.2 Å². The fourth-order valence-electron chi connectivity index (χ4n) is 3.73. The van der Waals surface area contributed by atoms with Gasteiger partial charge in [-0.15, -0.1) is 11.3 Å². The maximum atomic E-state index is 13.1. The minimum Gasteiger partial charge on any atom is -0.340 e. The number of aromatic nitrogens is 1. The number of hydrogen-bond acceptors (Lipinski definition) is 5. The number of thiazole rings is 1. The lowest BCUT2D eigenvalue weighted by Crippen LogP contribution is -2.49. The molecular weight excluding hydrogens is 472 g/mol. The topological polar surface area (TPSA) is 92.1 Å². The predicted molar refractivity (Wildman–Crippen MR) is 130 cm³/mol. The van der Waals surface area contributed by atoms with Gasteiger partial charge in [0.25, 0.3) is 5.91 Å². The van der Waals surface area contributed by atoms with E-state index in [-0.39, 0.29) is 29.5 Å². The van der Waals surface area contributed by atoms with E-state index in [1.54, 1.807) is 17.0 Å². The zero-order chi connectivity index (χ0) is 24.3. The average molecular weight is 499 g/mol. The smallest absolute Gasteiger partial charge is 0.279 e. The molecule has 1 aliphatic rings. The van der Waals surface area contributed by atoms with Gasteiger partial charge in [-0.2, -0.15) is 9.30 Å². The Labute approximate surface area is 202 Å². The Kier molecular flexibility index (Phi) is 7.11. The highest BCUT2D eigenvalue weighted by Gasteiger charge is 2.29. The molecule has 4 rings (SSSR count). The molecule has 0 N–H and O–H groups in total. The molecule has 2 heterocycles. The lowest BCUT2D eigenvalue weighted by Gasteiger charge is -2.33. The highest BCUT2D eigenvalue weighted by molar-refractivity contribution is 7.89. The number of amides is 2. The van der Waals surface area contributed by atoms with E-state index in [2.05, 4.69) is 4.99 Å². The zero-order valence-corrected chi connectivity index (χ0v) is 20.7. The van der Waals surface area contributed by atoms with Gasteiger partial charge in [-0.25, -0.2) is 8.42 Å². The number of nitrogens with zero attached hydrogens (tertiary/aromatic N) is 4. The van der Waals surface area contributed by atoms with Gasteiger partial charge in [-0.3, -0.25) is 9.59 Å². The number of piperazine rings is 1. The Bertz CT molecular complexity index is 1370. The van der Waals surface area contributed by atoms with Crippen molar-refractivity contribution in [3.63, 3.8) is 0 Å². The number of carbonyl (C=O) groups is 2. The second kappa shape index (κ2) is 10.0. The third kappa shape index (κ3) is 5.35. The predicted octanol–water partition coefficient (Wildman–Crippen LogP) is 2.50. The van der Waals surface area contributed by atoms with Crippen LogP contribution in [0.5, 0.6) is 0 Å². The van der Waals surface area contributed by atoms with Crippen molar-refractivity contribution < 1.29 is 18.0 Å². The van der Waals surface area contributed by atoms with Crippen LogP contribution in [0, 0.1) is 6.92 Å². The Morgan fingerprint density at radius 3 is 2.41 bits per heavy atom. The van der Waals surface area contributed by atoms with E-state index in [4.69, 9.17) is 0 Å². The molecule has 2 aromatic carbocycles. The molecule has 0 atom stereocenters. The molecule has 2 amide bonds. The molecule has 10 heteroatoms. The molecule has 34 heavy (non-hydrogen) atoms. The largest absolute Gasteiger partial charge is 0.340 e. The molecule has 0 saturated carbocycles. The van der Waals surface area contributed by atoms with Gasteiger partial charge in [0.15, 0.2) is 4.80 Å². The highest BCUT2D eigenvalue weighted by Crippen LogP contribution is 2.19. The standard InChI is InChI=1S/C24H26N4O4S2/c1-18-6-8-20(9-7-18)17-27-14-15-33-24(27)25-23(30)21-4-3-5-22(16-21)34(31,32)28-12-10-26(11-13-28)19(2)29/h3-9,14-16H,10-13,17H2,1-2H3. The summed E-state index contributed by atoms with van der Waals surface area (Å²) in [6.07, 6.45) is 1.87. The van der Waals surface area contributed by atoms with E-state index in [0.29, 0.717) is 24.4 Å². The number of hydrogen-bond donors (Lipinski definition) is 0. The third-order valence-corrected chi connectivity index (χ3v) is 8.42. The fourth-order valence-corrected chi connectivity index (χ4v) is 5.93. The minimum absolute atomic E-state index is 0.0449. The maximum absolute atomic E-state index is 13.1. The van der Waals surface area contributed by atoms with Gasteiger partial charge in [0.2, 0.25) is 15.9 Å². The van der Waals surface area contributed by atoms with Crippen LogP contribution in [0.3, 0.4) is 0 Å². The highest BCUT2D eigenvalue weighted by atomic mass is 32.2. The molecule has 3 aromatic rings. The molecule has 8 nitrogen and oxygen atoms in total. The quantitative estimate of drug-likeness (QED) is 0.540. The van der Waals surface area contributed by atoms with E-state index >= 15 is 0 Å². The molecule has 0 unspecified atom stereocenters. The number of rotatable bonds is 5. The Hall–Kier alpha value is -3.08. The van der Waals surface area contributed by atoms with Crippen molar-refractivity contribution in [1.82, 2.24) is 13.8 Å². The van der Waals surface area contributed by atoms with Crippen LogP contribution in [0.25, 0.3) is 0 Å². The molecular formula is C24H26N4O4S2. The SMILES string of the molecule is CC(=O)N1CCN(S(=O)(=O)c2cccc(C(=O)N=c3sccn3Cc3ccc(C)cc3)c2)CC1. The van der Waals surface area contributed by atoms with E-state index in [1.165, 1.54) is 40.3 Å². The Morgan fingerprint density at radius 2 is 1.74 bits per heavy atom. The molecule has 1 aliphatic heterocycles. The number of benzene rings is 2. The fraction of sp³-hybridized carbons (Fsp3) is 0.292. The molecule has 178 valence electrons. The van der Waals surface area contributed by atoms with Gasteiger partial charge < -0.3 is 9.47 Å². The lowest BCUT2D eigenvalue weighted by molar-refractivity contribution is -0.129. The monoisotopic (exact) mass is 498 g/mol. The van der Waals surface area contributed by atoms with Crippen molar-refractivity contribution in [3.8, 4) is 0 Å². The second-order valence-electron chi connectivity index (χ2n) is 8.15. The molecule has 0 spiro atoms.